The van der Waals surface area contributed by atoms with Crippen molar-refractivity contribution in [3.8, 4) is 11.5 Å². The van der Waals surface area contributed by atoms with Crippen molar-refractivity contribution in [3.63, 3.8) is 0 Å². The van der Waals surface area contributed by atoms with Gasteiger partial charge in [0.2, 0.25) is 21.8 Å². The summed E-state index contributed by atoms with van der Waals surface area (Å²) in [6.45, 7) is 2.32. The van der Waals surface area contributed by atoms with Gasteiger partial charge in [0, 0.05) is 32.2 Å². The first kappa shape index (κ1) is 21.9. The van der Waals surface area contributed by atoms with Crippen molar-refractivity contribution in [2.75, 3.05) is 39.4 Å². The first-order valence-electron chi connectivity index (χ1n) is 11.0. The number of hydrogen-bond donors (Lipinski definition) is 0. The molecule has 0 N–H and O–H groups in total. The Balaban J connectivity index is 1.23. The molecule has 0 bridgehead atoms. The van der Waals surface area contributed by atoms with E-state index in [1.54, 1.807) is 6.07 Å². The molecule has 0 aliphatic carbocycles. The lowest BCUT2D eigenvalue weighted by atomic mass is 10.2. The van der Waals surface area contributed by atoms with Crippen LogP contribution in [0, 0.1) is 0 Å². The van der Waals surface area contributed by atoms with Crippen molar-refractivity contribution < 1.29 is 27.5 Å². The number of amides is 2. The van der Waals surface area contributed by atoms with Crippen molar-refractivity contribution >= 4 is 21.8 Å². The average molecular weight is 472 g/mol. The third-order valence-corrected chi connectivity index (χ3v) is 8.16. The molecular weight excluding hydrogens is 446 g/mol. The summed E-state index contributed by atoms with van der Waals surface area (Å²) in [5.41, 5.74) is 0.898. The molecule has 0 aromatic heterocycles. The highest BCUT2D eigenvalue weighted by Gasteiger charge is 2.43. The lowest BCUT2D eigenvalue weighted by Crippen LogP contribution is -2.53. The van der Waals surface area contributed by atoms with Crippen LogP contribution in [0.3, 0.4) is 0 Å². The zero-order valence-electron chi connectivity index (χ0n) is 18.1. The maximum Gasteiger partial charge on any atom is 0.247 e. The molecule has 2 fully saturated rings. The second kappa shape index (κ2) is 8.77. The number of carbonyl (C=O) groups excluding carboxylic acids is 2. The fourth-order valence-electron chi connectivity index (χ4n) is 4.47. The van der Waals surface area contributed by atoms with Crippen molar-refractivity contribution in [1.82, 2.24) is 14.1 Å². The molecule has 9 nitrogen and oxygen atoms in total. The Bertz CT molecular complexity index is 1160. The number of piperazine rings is 1. The molecule has 2 amide bonds. The van der Waals surface area contributed by atoms with E-state index in [4.69, 9.17) is 9.47 Å². The standard InChI is InChI=1S/C23H25N3O6S/c27-22-15-19(23(28)26(22)16-17-4-2-1-3-5-17)24-8-10-25(11-9-24)33(29,30)18-6-7-20-21(14-18)32-13-12-31-20/h1-7,14,19H,8-13,15-16H2/t19-/m0/s1. The summed E-state index contributed by atoms with van der Waals surface area (Å²) >= 11 is 0. The molecule has 0 saturated carbocycles. The van der Waals surface area contributed by atoms with Crippen LogP contribution in [0.1, 0.15) is 12.0 Å². The molecule has 10 heteroatoms. The van der Waals surface area contributed by atoms with Crippen LogP contribution in [0.2, 0.25) is 0 Å². The summed E-state index contributed by atoms with van der Waals surface area (Å²) in [5.74, 6) is 0.552. The predicted molar refractivity (Wildman–Crippen MR) is 118 cm³/mol. The van der Waals surface area contributed by atoms with Crippen LogP contribution in [0.4, 0.5) is 0 Å². The molecule has 1 atom stereocenters. The second-order valence-corrected chi connectivity index (χ2v) is 10.2. The normalized spacial score (nSPS) is 22.1. The zero-order valence-corrected chi connectivity index (χ0v) is 18.9. The number of benzene rings is 2. The smallest absolute Gasteiger partial charge is 0.247 e. The number of hydrogen-bond acceptors (Lipinski definition) is 7. The molecule has 2 saturated heterocycles. The quantitative estimate of drug-likeness (QED) is 0.603. The number of nitrogens with zero attached hydrogens (tertiary/aromatic N) is 3. The van der Waals surface area contributed by atoms with E-state index in [9.17, 15) is 18.0 Å². The Morgan fingerprint density at radius 2 is 1.58 bits per heavy atom. The lowest BCUT2D eigenvalue weighted by Gasteiger charge is -2.36. The maximum atomic E-state index is 13.2. The molecule has 3 heterocycles. The highest BCUT2D eigenvalue weighted by Crippen LogP contribution is 2.33. The van der Waals surface area contributed by atoms with Gasteiger partial charge in [-0.2, -0.15) is 4.31 Å². The summed E-state index contributed by atoms with van der Waals surface area (Å²) in [6, 6.07) is 13.5. The third kappa shape index (κ3) is 4.21. The summed E-state index contributed by atoms with van der Waals surface area (Å²) < 4.78 is 38.7. The van der Waals surface area contributed by atoms with E-state index >= 15 is 0 Å². The number of rotatable bonds is 5. The van der Waals surface area contributed by atoms with Crippen LogP contribution < -0.4 is 9.47 Å². The van der Waals surface area contributed by atoms with Gasteiger partial charge in [-0.05, 0) is 17.7 Å². The Labute approximate surface area is 192 Å². The van der Waals surface area contributed by atoms with Gasteiger partial charge in [0.05, 0.1) is 23.9 Å². The van der Waals surface area contributed by atoms with Gasteiger partial charge >= 0.3 is 0 Å². The van der Waals surface area contributed by atoms with Crippen LogP contribution in [0.15, 0.2) is 53.4 Å². The summed E-state index contributed by atoms with van der Waals surface area (Å²) in [6.07, 6.45) is 0.126. The molecular formula is C23H25N3O6S. The van der Waals surface area contributed by atoms with Crippen LogP contribution in [-0.4, -0.2) is 79.8 Å². The zero-order chi connectivity index (χ0) is 23.0. The van der Waals surface area contributed by atoms with Crippen LogP contribution >= 0.6 is 0 Å². The first-order valence-corrected chi connectivity index (χ1v) is 12.4. The van der Waals surface area contributed by atoms with E-state index in [0.717, 1.165) is 5.56 Å². The second-order valence-electron chi connectivity index (χ2n) is 8.27. The van der Waals surface area contributed by atoms with E-state index in [2.05, 4.69) is 0 Å². The molecule has 0 radical (unpaired) electrons. The molecule has 0 unspecified atom stereocenters. The fourth-order valence-corrected chi connectivity index (χ4v) is 5.91. The third-order valence-electron chi connectivity index (χ3n) is 6.27. The van der Waals surface area contributed by atoms with Crippen molar-refractivity contribution in [2.24, 2.45) is 0 Å². The van der Waals surface area contributed by atoms with Gasteiger partial charge in [0.15, 0.2) is 11.5 Å². The minimum atomic E-state index is -3.71. The maximum absolute atomic E-state index is 13.2. The van der Waals surface area contributed by atoms with E-state index in [-0.39, 0.29) is 42.8 Å². The van der Waals surface area contributed by atoms with Crippen LogP contribution in [0.25, 0.3) is 0 Å². The number of likely N-dealkylation sites (tertiary alicyclic amines) is 1. The van der Waals surface area contributed by atoms with E-state index in [1.807, 2.05) is 35.2 Å². The topological polar surface area (TPSA) is 96.5 Å². The Kier molecular flexibility index (Phi) is 5.81. The summed E-state index contributed by atoms with van der Waals surface area (Å²) in [7, 11) is -3.71. The first-order chi connectivity index (χ1) is 15.9. The van der Waals surface area contributed by atoms with Crippen molar-refractivity contribution in [3.05, 3.63) is 54.1 Å². The molecule has 3 aliphatic rings. The van der Waals surface area contributed by atoms with Crippen molar-refractivity contribution in [1.29, 1.82) is 0 Å². The van der Waals surface area contributed by atoms with Gasteiger partial charge in [-0.25, -0.2) is 8.42 Å². The highest BCUT2D eigenvalue weighted by molar-refractivity contribution is 7.89. The minimum absolute atomic E-state index is 0.126. The average Bonchev–Trinajstić information content (AvgIpc) is 3.13. The molecule has 2 aromatic rings. The number of fused-ring (bicyclic) bond motifs is 1. The minimum Gasteiger partial charge on any atom is -0.486 e. The highest BCUT2D eigenvalue weighted by atomic mass is 32.2. The largest absolute Gasteiger partial charge is 0.486 e. The van der Waals surface area contributed by atoms with Crippen LogP contribution in [0.5, 0.6) is 11.5 Å². The van der Waals surface area contributed by atoms with Gasteiger partial charge in [-0.1, -0.05) is 30.3 Å². The lowest BCUT2D eigenvalue weighted by molar-refractivity contribution is -0.140. The van der Waals surface area contributed by atoms with Gasteiger partial charge < -0.3 is 9.47 Å². The molecule has 5 rings (SSSR count). The van der Waals surface area contributed by atoms with Gasteiger partial charge in [-0.15, -0.1) is 0 Å². The number of ether oxygens (including phenoxy) is 2. The SMILES string of the molecule is O=C1C[C@H](N2CCN(S(=O)(=O)c3ccc4c(c3)OCCO4)CC2)C(=O)N1Cc1ccccc1. The monoisotopic (exact) mass is 471 g/mol. The number of imide groups is 1. The predicted octanol–water partition coefficient (Wildman–Crippen LogP) is 1.09. The molecule has 174 valence electrons. The van der Waals surface area contributed by atoms with Crippen molar-refractivity contribution in [2.45, 2.75) is 23.9 Å². The van der Waals surface area contributed by atoms with Gasteiger partial charge in [-0.3, -0.25) is 19.4 Å². The Morgan fingerprint density at radius 3 is 2.30 bits per heavy atom. The number of carbonyl (C=O) groups is 2. The van der Waals surface area contributed by atoms with Gasteiger partial charge in [0.1, 0.15) is 13.2 Å². The van der Waals surface area contributed by atoms with E-state index in [1.165, 1.54) is 21.3 Å². The molecule has 2 aromatic carbocycles. The summed E-state index contributed by atoms with van der Waals surface area (Å²) in [5, 5.41) is 0. The Hall–Kier alpha value is -2.95. The molecule has 3 aliphatic heterocycles. The molecule has 33 heavy (non-hydrogen) atoms. The summed E-state index contributed by atoms with van der Waals surface area (Å²) in [4.78, 5) is 28.9. The fraction of sp³-hybridized carbons (Fsp3) is 0.391. The van der Waals surface area contributed by atoms with Gasteiger partial charge in [0.25, 0.3) is 0 Å². The van der Waals surface area contributed by atoms with E-state index in [0.29, 0.717) is 37.8 Å². The molecule has 0 spiro atoms. The van der Waals surface area contributed by atoms with E-state index < -0.39 is 16.1 Å². The number of sulfonamides is 1. The van der Waals surface area contributed by atoms with Crippen LogP contribution in [-0.2, 0) is 26.2 Å². The Morgan fingerprint density at radius 1 is 0.879 bits per heavy atom.